The summed E-state index contributed by atoms with van der Waals surface area (Å²) < 4.78 is 25.6. The highest BCUT2D eigenvalue weighted by molar-refractivity contribution is 7.88. The molecule has 1 unspecified atom stereocenters. The highest BCUT2D eigenvalue weighted by Crippen LogP contribution is 2.30. The third kappa shape index (κ3) is 7.04. The molecule has 0 spiro atoms. The molecule has 1 atom stereocenters. The first-order valence-corrected chi connectivity index (χ1v) is 10.3. The second kappa shape index (κ2) is 11.1. The van der Waals surface area contributed by atoms with Crippen LogP contribution in [0.2, 0.25) is 0 Å². The van der Waals surface area contributed by atoms with E-state index >= 15 is 0 Å². The van der Waals surface area contributed by atoms with Gasteiger partial charge in [0.05, 0.1) is 6.26 Å². The molecule has 23 heavy (non-hydrogen) atoms. The van der Waals surface area contributed by atoms with Gasteiger partial charge >= 0.3 is 0 Å². The SMILES string of the molecule is CCN(CC(C1CCCCC1)N1CCNCC1)S(C)(=O)=O.Cl.Cl. The predicted molar refractivity (Wildman–Crippen MR) is 101 cm³/mol. The third-order valence-corrected chi connectivity index (χ3v) is 6.37. The molecule has 140 valence electrons. The van der Waals surface area contributed by atoms with Gasteiger partial charge in [0.25, 0.3) is 0 Å². The van der Waals surface area contributed by atoms with E-state index in [1.54, 1.807) is 4.31 Å². The molecule has 2 fully saturated rings. The minimum atomic E-state index is -3.10. The Bertz CT molecular complexity index is 393. The molecule has 1 saturated heterocycles. The minimum Gasteiger partial charge on any atom is -0.314 e. The monoisotopic (exact) mass is 389 g/mol. The molecule has 0 aromatic rings. The van der Waals surface area contributed by atoms with Gasteiger partial charge in [0, 0.05) is 45.3 Å². The Balaban J connectivity index is 0.00000242. The van der Waals surface area contributed by atoms with E-state index in [-0.39, 0.29) is 24.8 Å². The average Bonchev–Trinajstić information content (AvgIpc) is 2.49. The molecule has 0 amide bonds. The van der Waals surface area contributed by atoms with E-state index in [4.69, 9.17) is 0 Å². The molecule has 1 aliphatic heterocycles. The molecule has 0 bridgehead atoms. The lowest BCUT2D eigenvalue weighted by molar-refractivity contribution is 0.0885. The Hall–Kier alpha value is 0.410. The molecule has 0 aromatic heterocycles. The van der Waals surface area contributed by atoms with Crippen LogP contribution in [0, 0.1) is 5.92 Å². The maximum atomic E-state index is 12.0. The van der Waals surface area contributed by atoms with Gasteiger partial charge in [0.2, 0.25) is 10.0 Å². The Labute approximate surface area is 154 Å². The van der Waals surface area contributed by atoms with Crippen molar-refractivity contribution in [3.8, 4) is 0 Å². The van der Waals surface area contributed by atoms with Crippen LogP contribution in [0.1, 0.15) is 39.0 Å². The molecule has 2 aliphatic rings. The van der Waals surface area contributed by atoms with Crippen LogP contribution in [0.5, 0.6) is 0 Å². The standard InChI is InChI=1S/C15H31N3O2S.2ClH/c1-3-18(21(2,19)20)13-15(14-7-5-4-6-8-14)17-11-9-16-10-12-17;;/h14-16H,3-13H2,1-2H3;2*1H. The molecular weight excluding hydrogens is 357 g/mol. The summed E-state index contributed by atoms with van der Waals surface area (Å²) in [5.41, 5.74) is 0. The highest BCUT2D eigenvalue weighted by atomic mass is 35.5. The molecule has 1 aliphatic carbocycles. The first-order valence-electron chi connectivity index (χ1n) is 8.42. The molecule has 1 heterocycles. The molecule has 8 heteroatoms. The zero-order valence-corrected chi connectivity index (χ0v) is 16.8. The number of rotatable bonds is 6. The lowest BCUT2D eigenvalue weighted by Crippen LogP contribution is -2.55. The van der Waals surface area contributed by atoms with Crippen molar-refractivity contribution in [1.29, 1.82) is 0 Å². The fourth-order valence-corrected chi connectivity index (χ4v) is 4.70. The fraction of sp³-hybridized carbons (Fsp3) is 1.00. The molecule has 1 N–H and O–H groups in total. The number of piperazine rings is 1. The Morgan fingerprint density at radius 2 is 1.70 bits per heavy atom. The number of hydrogen-bond acceptors (Lipinski definition) is 4. The van der Waals surface area contributed by atoms with Crippen LogP contribution in [0.25, 0.3) is 0 Å². The van der Waals surface area contributed by atoms with Crippen molar-refractivity contribution in [3.05, 3.63) is 0 Å². The number of halogens is 2. The summed E-state index contributed by atoms with van der Waals surface area (Å²) in [5, 5.41) is 3.40. The van der Waals surface area contributed by atoms with E-state index in [9.17, 15) is 8.42 Å². The first-order chi connectivity index (χ1) is 10.0. The van der Waals surface area contributed by atoms with Crippen molar-refractivity contribution >= 4 is 34.8 Å². The predicted octanol–water partition coefficient (Wildman–Crippen LogP) is 1.97. The lowest BCUT2D eigenvalue weighted by atomic mass is 9.83. The van der Waals surface area contributed by atoms with Crippen LogP contribution in [0.4, 0.5) is 0 Å². The number of likely N-dealkylation sites (N-methyl/N-ethyl adjacent to an activating group) is 1. The average molecular weight is 390 g/mol. The van der Waals surface area contributed by atoms with Gasteiger partial charge in [-0.05, 0) is 18.8 Å². The minimum absolute atomic E-state index is 0. The summed E-state index contributed by atoms with van der Waals surface area (Å²) >= 11 is 0. The van der Waals surface area contributed by atoms with Gasteiger partial charge in [-0.25, -0.2) is 12.7 Å². The Morgan fingerprint density at radius 3 is 2.17 bits per heavy atom. The number of nitrogens with one attached hydrogen (secondary N) is 1. The second-order valence-electron chi connectivity index (χ2n) is 6.47. The topological polar surface area (TPSA) is 52.6 Å². The number of sulfonamides is 1. The largest absolute Gasteiger partial charge is 0.314 e. The summed E-state index contributed by atoms with van der Waals surface area (Å²) in [6.07, 6.45) is 7.81. The van der Waals surface area contributed by atoms with E-state index in [1.807, 2.05) is 6.92 Å². The Kier molecular flexibility index (Phi) is 11.3. The first kappa shape index (κ1) is 23.4. The van der Waals surface area contributed by atoms with E-state index in [2.05, 4.69) is 10.2 Å². The van der Waals surface area contributed by atoms with Crippen LogP contribution >= 0.6 is 24.8 Å². The molecular formula is C15H33Cl2N3O2S. The quantitative estimate of drug-likeness (QED) is 0.754. The van der Waals surface area contributed by atoms with Gasteiger partial charge < -0.3 is 5.32 Å². The number of nitrogens with zero attached hydrogens (tertiary/aromatic N) is 2. The van der Waals surface area contributed by atoms with Crippen molar-refractivity contribution in [3.63, 3.8) is 0 Å². The number of hydrogen-bond donors (Lipinski definition) is 1. The van der Waals surface area contributed by atoms with E-state index in [1.165, 1.54) is 38.4 Å². The molecule has 1 saturated carbocycles. The van der Waals surface area contributed by atoms with E-state index < -0.39 is 10.0 Å². The smallest absolute Gasteiger partial charge is 0.211 e. The van der Waals surface area contributed by atoms with E-state index in [0.29, 0.717) is 25.0 Å². The highest BCUT2D eigenvalue weighted by Gasteiger charge is 2.32. The van der Waals surface area contributed by atoms with Gasteiger partial charge in [0.15, 0.2) is 0 Å². The van der Waals surface area contributed by atoms with Gasteiger partial charge in [-0.1, -0.05) is 26.2 Å². The maximum absolute atomic E-state index is 12.0. The van der Waals surface area contributed by atoms with Crippen molar-refractivity contribution in [2.24, 2.45) is 5.92 Å². The maximum Gasteiger partial charge on any atom is 0.211 e. The molecule has 0 radical (unpaired) electrons. The Morgan fingerprint density at radius 1 is 1.13 bits per heavy atom. The van der Waals surface area contributed by atoms with Crippen LogP contribution in [-0.4, -0.2) is 69.2 Å². The van der Waals surface area contributed by atoms with Crippen molar-refractivity contribution in [1.82, 2.24) is 14.5 Å². The molecule has 5 nitrogen and oxygen atoms in total. The van der Waals surface area contributed by atoms with Gasteiger partial charge in [-0.15, -0.1) is 24.8 Å². The van der Waals surface area contributed by atoms with Crippen molar-refractivity contribution < 1.29 is 8.42 Å². The van der Waals surface area contributed by atoms with Crippen LogP contribution in [-0.2, 0) is 10.0 Å². The van der Waals surface area contributed by atoms with Crippen LogP contribution < -0.4 is 5.32 Å². The van der Waals surface area contributed by atoms with Crippen molar-refractivity contribution in [2.75, 3.05) is 45.5 Å². The zero-order chi connectivity index (χ0) is 15.3. The zero-order valence-electron chi connectivity index (χ0n) is 14.4. The van der Waals surface area contributed by atoms with Crippen LogP contribution in [0.3, 0.4) is 0 Å². The molecule has 0 aromatic carbocycles. The van der Waals surface area contributed by atoms with Gasteiger partial charge in [-0.3, -0.25) is 4.90 Å². The fourth-order valence-electron chi connectivity index (χ4n) is 3.80. The molecule has 2 rings (SSSR count). The third-order valence-electron chi connectivity index (χ3n) is 5.03. The normalized spacial score (nSPS) is 22.2. The summed E-state index contributed by atoms with van der Waals surface area (Å²) in [7, 11) is -3.10. The van der Waals surface area contributed by atoms with Crippen LogP contribution in [0.15, 0.2) is 0 Å². The van der Waals surface area contributed by atoms with Gasteiger partial charge in [0.1, 0.15) is 0 Å². The summed E-state index contributed by atoms with van der Waals surface area (Å²) in [5.74, 6) is 0.660. The van der Waals surface area contributed by atoms with Crippen molar-refractivity contribution in [2.45, 2.75) is 45.1 Å². The second-order valence-corrected chi connectivity index (χ2v) is 8.45. The summed E-state index contributed by atoms with van der Waals surface area (Å²) in [4.78, 5) is 2.53. The van der Waals surface area contributed by atoms with E-state index in [0.717, 1.165) is 26.2 Å². The van der Waals surface area contributed by atoms with Gasteiger partial charge in [-0.2, -0.15) is 0 Å². The summed E-state index contributed by atoms with van der Waals surface area (Å²) in [6, 6.07) is 0.391. The summed E-state index contributed by atoms with van der Waals surface area (Å²) in [6.45, 7) is 7.32. The lowest BCUT2D eigenvalue weighted by Gasteiger charge is -2.42.